The van der Waals surface area contributed by atoms with Crippen LogP contribution in [0, 0.1) is 0 Å². The van der Waals surface area contributed by atoms with Crippen molar-refractivity contribution in [2.24, 2.45) is 0 Å². The third-order valence-electron chi connectivity index (χ3n) is 2.94. The number of hydrogen-bond acceptors (Lipinski definition) is 2. The average Bonchev–Trinajstić information content (AvgIpc) is 2.32. The molecule has 0 radical (unpaired) electrons. The number of ether oxygens (including phenoxy) is 1. The molecule has 1 spiro atoms. The van der Waals surface area contributed by atoms with Crippen molar-refractivity contribution in [3.63, 3.8) is 0 Å². The third kappa shape index (κ3) is 1.57. The van der Waals surface area contributed by atoms with Gasteiger partial charge in [-0.25, -0.2) is 0 Å². The van der Waals surface area contributed by atoms with E-state index in [-0.39, 0.29) is 0 Å². The zero-order valence-electron chi connectivity index (χ0n) is 7.07. The summed E-state index contributed by atoms with van der Waals surface area (Å²) in [7, 11) is 0. The van der Waals surface area contributed by atoms with Crippen molar-refractivity contribution in [3.8, 4) is 0 Å². The maximum absolute atomic E-state index is 5.43. The highest BCUT2D eigenvalue weighted by atomic mass is 16.5. The summed E-state index contributed by atoms with van der Waals surface area (Å²) in [6.45, 7) is 3.11. The van der Waals surface area contributed by atoms with E-state index in [1.54, 1.807) is 0 Å². The largest absolute Gasteiger partial charge is 0.379 e. The lowest BCUT2D eigenvalue weighted by Crippen LogP contribution is -2.44. The predicted octanol–water partition coefficient (Wildman–Crippen LogP) is 1.31. The van der Waals surface area contributed by atoms with Crippen LogP contribution in [-0.2, 0) is 4.74 Å². The zero-order valence-corrected chi connectivity index (χ0v) is 7.07. The molecule has 2 aliphatic heterocycles. The molecular weight excluding hydrogens is 138 g/mol. The Morgan fingerprint density at radius 1 is 1.09 bits per heavy atom. The highest BCUT2D eigenvalue weighted by Gasteiger charge is 2.34. The van der Waals surface area contributed by atoms with Crippen LogP contribution in [-0.4, -0.2) is 25.3 Å². The normalized spacial score (nSPS) is 39.3. The Labute approximate surface area is 68.3 Å². The minimum Gasteiger partial charge on any atom is -0.379 e. The second kappa shape index (κ2) is 3.11. The van der Waals surface area contributed by atoms with Crippen molar-refractivity contribution < 1.29 is 4.74 Å². The van der Waals surface area contributed by atoms with Gasteiger partial charge < -0.3 is 10.1 Å². The zero-order chi connectivity index (χ0) is 7.57. The van der Waals surface area contributed by atoms with Gasteiger partial charge in [-0.3, -0.25) is 0 Å². The second-order valence-corrected chi connectivity index (χ2v) is 3.82. The van der Waals surface area contributed by atoms with E-state index in [2.05, 4.69) is 5.32 Å². The molecule has 2 fully saturated rings. The van der Waals surface area contributed by atoms with E-state index in [4.69, 9.17) is 4.74 Å². The smallest absolute Gasteiger partial charge is 0.0649 e. The van der Waals surface area contributed by atoms with E-state index in [9.17, 15) is 0 Å². The molecule has 0 aliphatic carbocycles. The summed E-state index contributed by atoms with van der Waals surface area (Å²) >= 11 is 0. The molecule has 0 aromatic rings. The Balaban J connectivity index is 1.97. The van der Waals surface area contributed by atoms with Crippen LogP contribution in [0.25, 0.3) is 0 Å². The van der Waals surface area contributed by atoms with Crippen LogP contribution in [0.5, 0.6) is 0 Å². The predicted molar refractivity (Wildman–Crippen MR) is 44.6 cm³/mol. The molecule has 2 nitrogen and oxygen atoms in total. The van der Waals surface area contributed by atoms with Crippen LogP contribution < -0.4 is 5.32 Å². The molecule has 1 atom stereocenters. The molecule has 0 aromatic heterocycles. The topological polar surface area (TPSA) is 21.3 Å². The van der Waals surface area contributed by atoms with Gasteiger partial charge >= 0.3 is 0 Å². The summed E-state index contributed by atoms with van der Waals surface area (Å²) in [5.41, 5.74) is 0.385. The van der Waals surface area contributed by atoms with E-state index >= 15 is 0 Å². The molecule has 0 amide bonds. The Kier molecular flexibility index (Phi) is 2.14. The van der Waals surface area contributed by atoms with Gasteiger partial charge in [0.1, 0.15) is 0 Å². The van der Waals surface area contributed by atoms with Crippen LogP contribution in [0.2, 0.25) is 0 Å². The average molecular weight is 155 g/mol. The van der Waals surface area contributed by atoms with E-state index in [0.717, 1.165) is 13.2 Å². The van der Waals surface area contributed by atoms with E-state index in [0.29, 0.717) is 5.54 Å². The van der Waals surface area contributed by atoms with E-state index < -0.39 is 0 Å². The van der Waals surface area contributed by atoms with Gasteiger partial charge in [0.25, 0.3) is 0 Å². The van der Waals surface area contributed by atoms with Crippen LogP contribution in [0.3, 0.4) is 0 Å². The van der Waals surface area contributed by atoms with Crippen molar-refractivity contribution in [2.45, 2.75) is 37.6 Å². The fraction of sp³-hybridized carbons (Fsp3) is 1.00. The van der Waals surface area contributed by atoms with Crippen molar-refractivity contribution >= 4 is 0 Å². The van der Waals surface area contributed by atoms with Crippen molar-refractivity contribution in [2.75, 3.05) is 19.8 Å². The first kappa shape index (κ1) is 7.56. The number of hydrogen-bond donors (Lipinski definition) is 1. The number of rotatable bonds is 0. The number of nitrogens with one attached hydrogen (secondary N) is 1. The highest BCUT2D eigenvalue weighted by molar-refractivity contribution is 4.92. The second-order valence-electron chi connectivity index (χ2n) is 3.82. The fourth-order valence-electron chi connectivity index (χ4n) is 2.15. The molecule has 2 saturated heterocycles. The molecular formula is C9H17NO. The summed E-state index contributed by atoms with van der Waals surface area (Å²) in [5.74, 6) is 0. The summed E-state index contributed by atoms with van der Waals surface area (Å²) in [6, 6.07) is 0. The molecule has 2 rings (SSSR count). The summed E-state index contributed by atoms with van der Waals surface area (Å²) < 4.78 is 5.43. The standard InChI is InChI=1S/C9H17NO/c1-2-4-9(10-6-3-1)5-7-11-8-9/h10H,1-8H2. The molecule has 0 bridgehead atoms. The summed E-state index contributed by atoms with van der Waals surface area (Å²) in [6.07, 6.45) is 6.69. The molecule has 0 aromatic carbocycles. The minimum atomic E-state index is 0.385. The Morgan fingerprint density at radius 2 is 2.09 bits per heavy atom. The van der Waals surface area contributed by atoms with E-state index in [1.165, 1.54) is 38.6 Å². The van der Waals surface area contributed by atoms with Crippen molar-refractivity contribution in [3.05, 3.63) is 0 Å². The molecule has 1 unspecified atom stereocenters. The van der Waals surface area contributed by atoms with Crippen LogP contribution in [0.15, 0.2) is 0 Å². The monoisotopic (exact) mass is 155 g/mol. The van der Waals surface area contributed by atoms with Crippen LogP contribution in [0.4, 0.5) is 0 Å². The summed E-state index contributed by atoms with van der Waals surface area (Å²) in [5, 5.41) is 3.63. The lowest BCUT2D eigenvalue weighted by Gasteiger charge is -2.26. The van der Waals surface area contributed by atoms with Gasteiger partial charge in [-0.2, -0.15) is 0 Å². The Morgan fingerprint density at radius 3 is 2.91 bits per heavy atom. The first-order valence-electron chi connectivity index (χ1n) is 4.74. The molecule has 64 valence electrons. The maximum Gasteiger partial charge on any atom is 0.0649 e. The quantitative estimate of drug-likeness (QED) is 0.569. The lowest BCUT2D eigenvalue weighted by molar-refractivity contribution is 0.165. The van der Waals surface area contributed by atoms with Gasteiger partial charge in [0, 0.05) is 12.1 Å². The molecule has 1 N–H and O–H groups in total. The van der Waals surface area contributed by atoms with Crippen LogP contribution >= 0.6 is 0 Å². The molecule has 2 heterocycles. The van der Waals surface area contributed by atoms with Crippen molar-refractivity contribution in [1.82, 2.24) is 5.32 Å². The van der Waals surface area contributed by atoms with Gasteiger partial charge in [-0.15, -0.1) is 0 Å². The molecule has 0 saturated carbocycles. The highest BCUT2D eigenvalue weighted by Crippen LogP contribution is 2.27. The first-order valence-corrected chi connectivity index (χ1v) is 4.74. The van der Waals surface area contributed by atoms with Gasteiger partial charge in [-0.05, 0) is 25.8 Å². The molecule has 11 heavy (non-hydrogen) atoms. The van der Waals surface area contributed by atoms with Crippen molar-refractivity contribution in [1.29, 1.82) is 0 Å². The first-order chi connectivity index (χ1) is 5.41. The lowest BCUT2D eigenvalue weighted by atomic mass is 9.93. The Hall–Kier alpha value is -0.0800. The maximum atomic E-state index is 5.43. The van der Waals surface area contributed by atoms with Gasteiger partial charge in [-0.1, -0.05) is 12.8 Å². The SMILES string of the molecule is C1CCNC2(CC1)CCOC2. The molecule has 2 aliphatic rings. The molecule has 2 heteroatoms. The van der Waals surface area contributed by atoms with Gasteiger partial charge in [0.15, 0.2) is 0 Å². The van der Waals surface area contributed by atoms with E-state index in [1.807, 2.05) is 0 Å². The summed E-state index contributed by atoms with van der Waals surface area (Å²) in [4.78, 5) is 0. The van der Waals surface area contributed by atoms with Gasteiger partial charge in [0.05, 0.1) is 6.61 Å². The third-order valence-corrected chi connectivity index (χ3v) is 2.94. The fourth-order valence-corrected chi connectivity index (χ4v) is 2.15. The Bertz CT molecular complexity index is 120. The van der Waals surface area contributed by atoms with Gasteiger partial charge in [0.2, 0.25) is 0 Å². The minimum absolute atomic E-state index is 0.385. The van der Waals surface area contributed by atoms with Crippen LogP contribution in [0.1, 0.15) is 32.1 Å².